The van der Waals surface area contributed by atoms with E-state index in [0.29, 0.717) is 18.4 Å². The lowest BCUT2D eigenvalue weighted by Gasteiger charge is -2.14. The molecule has 0 saturated heterocycles. The van der Waals surface area contributed by atoms with Gasteiger partial charge in [-0.2, -0.15) is 4.98 Å². The Morgan fingerprint density at radius 3 is 2.60 bits per heavy atom. The van der Waals surface area contributed by atoms with Crippen molar-refractivity contribution in [1.29, 1.82) is 0 Å². The Bertz CT molecular complexity index is 577. The molecular weight excluding hydrogens is 250 g/mol. The third kappa shape index (κ3) is 3.25. The molecule has 0 fully saturated rings. The fraction of sp³-hybridized carbons (Fsp3) is 0.500. The predicted molar refractivity (Wildman–Crippen MR) is 80.0 cm³/mol. The molecule has 1 aromatic heterocycles. The number of rotatable bonds is 5. The zero-order valence-corrected chi connectivity index (χ0v) is 12.9. The van der Waals surface area contributed by atoms with E-state index >= 15 is 0 Å². The summed E-state index contributed by atoms with van der Waals surface area (Å²) in [6.07, 6.45) is 0.714. The first-order valence-electron chi connectivity index (χ1n) is 7.07. The van der Waals surface area contributed by atoms with Gasteiger partial charge in [0.15, 0.2) is 5.82 Å². The van der Waals surface area contributed by atoms with Crippen LogP contribution in [0.3, 0.4) is 0 Å². The summed E-state index contributed by atoms with van der Waals surface area (Å²) in [4.78, 5) is 4.51. The minimum atomic E-state index is 0.209. The first-order chi connectivity index (χ1) is 9.51. The monoisotopic (exact) mass is 273 g/mol. The highest BCUT2D eigenvalue weighted by molar-refractivity contribution is 5.31. The maximum Gasteiger partial charge on any atom is 0.231 e. The largest absolute Gasteiger partial charge is 0.339 e. The van der Waals surface area contributed by atoms with Crippen molar-refractivity contribution in [2.75, 3.05) is 7.05 Å². The number of aryl methyl sites for hydroxylation is 2. The second kappa shape index (κ2) is 6.18. The lowest BCUT2D eigenvalue weighted by molar-refractivity contribution is 0.333. The first kappa shape index (κ1) is 14.7. The topological polar surface area (TPSA) is 51.0 Å². The molecule has 0 saturated carbocycles. The molecule has 0 radical (unpaired) electrons. The molecule has 0 amide bonds. The van der Waals surface area contributed by atoms with Gasteiger partial charge in [-0.25, -0.2) is 0 Å². The van der Waals surface area contributed by atoms with Crippen molar-refractivity contribution in [2.45, 2.75) is 46.1 Å². The minimum absolute atomic E-state index is 0.209. The molecule has 108 valence electrons. The predicted octanol–water partition coefficient (Wildman–Crippen LogP) is 2.99. The zero-order valence-electron chi connectivity index (χ0n) is 12.9. The van der Waals surface area contributed by atoms with E-state index in [4.69, 9.17) is 4.52 Å². The van der Waals surface area contributed by atoms with Crippen LogP contribution in [0.2, 0.25) is 0 Å². The second-order valence-electron chi connectivity index (χ2n) is 5.51. The Kier molecular flexibility index (Phi) is 4.55. The number of nitrogens with zero attached hydrogens (tertiary/aromatic N) is 2. The van der Waals surface area contributed by atoms with Gasteiger partial charge in [0.05, 0.1) is 5.92 Å². The van der Waals surface area contributed by atoms with Gasteiger partial charge < -0.3 is 9.84 Å². The van der Waals surface area contributed by atoms with Gasteiger partial charge >= 0.3 is 0 Å². The molecule has 1 heterocycles. The molecule has 4 nitrogen and oxygen atoms in total. The van der Waals surface area contributed by atoms with E-state index in [-0.39, 0.29) is 5.92 Å². The highest BCUT2D eigenvalue weighted by atomic mass is 16.5. The highest BCUT2D eigenvalue weighted by Gasteiger charge is 2.19. The van der Waals surface area contributed by atoms with Crippen LogP contribution in [0.4, 0.5) is 0 Å². The van der Waals surface area contributed by atoms with E-state index in [1.807, 2.05) is 7.05 Å². The van der Waals surface area contributed by atoms with Crippen LogP contribution >= 0.6 is 0 Å². The van der Waals surface area contributed by atoms with E-state index < -0.39 is 0 Å². The molecule has 0 aliphatic heterocycles. The normalized spacial score (nSPS) is 14.2. The van der Waals surface area contributed by atoms with Crippen molar-refractivity contribution in [3.05, 3.63) is 46.6 Å². The molecule has 0 bridgehead atoms. The van der Waals surface area contributed by atoms with E-state index in [0.717, 1.165) is 5.82 Å². The van der Waals surface area contributed by atoms with Gasteiger partial charge in [-0.3, -0.25) is 0 Å². The summed E-state index contributed by atoms with van der Waals surface area (Å²) in [7, 11) is 1.94. The molecule has 2 aromatic rings. The van der Waals surface area contributed by atoms with Crippen molar-refractivity contribution in [3.63, 3.8) is 0 Å². The minimum Gasteiger partial charge on any atom is -0.339 e. The smallest absolute Gasteiger partial charge is 0.231 e. The maximum atomic E-state index is 5.37. The van der Waals surface area contributed by atoms with Gasteiger partial charge in [0, 0.05) is 12.5 Å². The third-order valence-corrected chi connectivity index (χ3v) is 4.01. The number of nitrogens with one attached hydrogen (secondary N) is 1. The Hall–Kier alpha value is -1.68. The Labute approximate surface area is 120 Å². The van der Waals surface area contributed by atoms with Crippen molar-refractivity contribution in [3.8, 4) is 0 Å². The Morgan fingerprint density at radius 2 is 1.95 bits per heavy atom. The summed E-state index contributed by atoms with van der Waals surface area (Å²) in [6.45, 7) is 8.44. The van der Waals surface area contributed by atoms with Gasteiger partial charge in [0.1, 0.15) is 0 Å². The van der Waals surface area contributed by atoms with Crippen LogP contribution in [0.1, 0.15) is 48.2 Å². The molecule has 2 unspecified atom stereocenters. The van der Waals surface area contributed by atoms with Gasteiger partial charge in [0.25, 0.3) is 0 Å². The third-order valence-electron chi connectivity index (χ3n) is 4.01. The average Bonchev–Trinajstić information content (AvgIpc) is 2.89. The molecule has 4 heteroatoms. The summed E-state index contributed by atoms with van der Waals surface area (Å²) >= 11 is 0. The number of benzene rings is 1. The van der Waals surface area contributed by atoms with Crippen molar-refractivity contribution < 1.29 is 4.52 Å². The van der Waals surface area contributed by atoms with Crippen LogP contribution in [0.5, 0.6) is 0 Å². The lowest BCUT2D eigenvalue weighted by Crippen LogP contribution is -2.27. The SMILES string of the molecule is CNC(C)C(C)c1nc(Cc2ccc(C)c(C)c2)no1. The van der Waals surface area contributed by atoms with Crippen molar-refractivity contribution in [1.82, 2.24) is 15.5 Å². The molecule has 1 aromatic carbocycles. The van der Waals surface area contributed by atoms with Crippen LogP contribution in [-0.2, 0) is 6.42 Å². The van der Waals surface area contributed by atoms with Crippen LogP contribution in [0.25, 0.3) is 0 Å². The molecule has 0 aliphatic carbocycles. The fourth-order valence-corrected chi connectivity index (χ4v) is 2.08. The molecule has 0 spiro atoms. The summed E-state index contributed by atoms with van der Waals surface area (Å²) < 4.78 is 5.37. The van der Waals surface area contributed by atoms with E-state index in [1.54, 1.807) is 0 Å². The van der Waals surface area contributed by atoms with E-state index in [2.05, 4.69) is 61.4 Å². The van der Waals surface area contributed by atoms with Gasteiger partial charge in [-0.1, -0.05) is 30.3 Å². The van der Waals surface area contributed by atoms with Gasteiger partial charge in [0.2, 0.25) is 5.89 Å². The first-order valence-corrected chi connectivity index (χ1v) is 7.07. The van der Waals surface area contributed by atoms with Crippen LogP contribution < -0.4 is 5.32 Å². The number of likely N-dealkylation sites (N-methyl/N-ethyl adjacent to an activating group) is 1. The molecule has 0 aliphatic rings. The molecule has 20 heavy (non-hydrogen) atoms. The number of aromatic nitrogens is 2. The van der Waals surface area contributed by atoms with E-state index in [1.165, 1.54) is 16.7 Å². The second-order valence-corrected chi connectivity index (χ2v) is 5.51. The average molecular weight is 273 g/mol. The van der Waals surface area contributed by atoms with Gasteiger partial charge in [-0.05, 0) is 44.5 Å². The quantitative estimate of drug-likeness (QED) is 0.910. The molecule has 2 rings (SSSR count). The van der Waals surface area contributed by atoms with Crippen LogP contribution in [0.15, 0.2) is 22.7 Å². The standard InChI is InChI=1S/C16H23N3O/c1-10-6-7-14(8-11(10)2)9-15-18-16(20-19-15)12(3)13(4)17-5/h6-8,12-13,17H,9H2,1-5H3. The van der Waals surface area contributed by atoms with Crippen LogP contribution in [-0.4, -0.2) is 23.2 Å². The van der Waals surface area contributed by atoms with Crippen molar-refractivity contribution >= 4 is 0 Å². The fourth-order valence-electron chi connectivity index (χ4n) is 2.08. The van der Waals surface area contributed by atoms with Crippen LogP contribution in [0, 0.1) is 13.8 Å². The van der Waals surface area contributed by atoms with Crippen molar-refractivity contribution in [2.24, 2.45) is 0 Å². The summed E-state index contributed by atoms with van der Waals surface area (Å²) in [5, 5.41) is 7.30. The molecule has 2 atom stereocenters. The molecular formula is C16H23N3O. The Balaban J connectivity index is 2.11. The van der Waals surface area contributed by atoms with Gasteiger partial charge in [-0.15, -0.1) is 0 Å². The molecule has 1 N–H and O–H groups in total. The summed E-state index contributed by atoms with van der Waals surface area (Å²) in [5.41, 5.74) is 3.82. The Morgan fingerprint density at radius 1 is 1.20 bits per heavy atom. The zero-order chi connectivity index (χ0) is 14.7. The lowest BCUT2D eigenvalue weighted by atomic mass is 10.0. The summed E-state index contributed by atoms with van der Waals surface area (Å²) in [6, 6.07) is 6.75. The van der Waals surface area contributed by atoms with E-state index in [9.17, 15) is 0 Å². The highest BCUT2D eigenvalue weighted by Crippen LogP contribution is 2.18. The number of hydrogen-bond acceptors (Lipinski definition) is 4. The maximum absolute atomic E-state index is 5.37. The number of hydrogen-bond donors (Lipinski definition) is 1. The summed E-state index contributed by atoms with van der Waals surface area (Å²) in [5.74, 6) is 1.66.